The van der Waals surface area contributed by atoms with Crippen LogP contribution in [0.25, 0.3) is 0 Å². The highest BCUT2D eigenvalue weighted by molar-refractivity contribution is 7.82. The van der Waals surface area contributed by atoms with Crippen molar-refractivity contribution in [2.24, 2.45) is 10.8 Å². The van der Waals surface area contributed by atoms with E-state index in [1.54, 1.807) is 30.3 Å². The molecule has 0 spiro atoms. The Kier molecular flexibility index (Phi) is 4.03. The van der Waals surface area contributed by atoms with E-state index in [9.17, 15) is 0 Å². The molecule has 0 unspecified atom stereocenters. The highest BCUT2D eigenvalue weighted by Gasteiger charge is 2.00. The second kappa shape index (κ2) is 5.29. The van der Waals surface area contributed by atoms with Crippen LogP contribution >= 0.6 is 23.8 Å². The molecule has 1 aromatic rings. The molecular weight excluding hydrogens is 232 g/mol. The molecule has 0 amide bonds. The van der Waals surface area contributed by atoms with Crippen LogP contribution in [0.2, 0.25) is 5.02 Å². The first-order valence-corrected chi connectivity index (χ1v) is 4.71. The first-order chi connectivity index (χ1) is 7.13. The number of hydrazone groups is 1. The van der Waals surface area contributed by atoms with Crippen LogP contribution in [0.3, 0.4) is 0 Å². The van der Waals surface area contributed by atoms with E-state index in [1.807, 2.05) is 0 Å². The van der Waals surface area contributed by atoms with Crippen LogP contribution in [0.4, 0.5) is 5.69 Å². The van der Waals surface area contributed by atoms with Gasteiger partial charge in [0.2, 0.25) is 0 Å². The van der Waals surface area contributed by atoms with E-state index in [1.165, 1.54) is 0 Å². The highest BCUT2D eigenvalue weighted by atomic mass is 35.5. The third-order valence-electron chi connectivity index (χ3n) is 1.46. The van der Waals surface area contributed by atoms with Crippen molar-refractivity contribution < 1.29 is 0 Å². The van der Waals surface area contributed by atoms with E-state index in [-0.39, 0.29) is 10.7 Å². The van der Waals surface area contributed by atoms with Gasteiger partial charge in [0.05, 0.1) is 5.69 Å². The van der Waals surface area contributed by atoms with Gasteiger partial charge in [-0.05, 0) is 18.2 Å². The van der Waals surface area contributed by atoms with Crippen LogP contribution in [0, 0.1) is 11.3 Å². The number of hydrogen-bond acceptors (Lipinski definition) is 4. The Bertz CT molecular complexity index is 450. The molecular formula is C9H7ClN4S. The van der Waals surface area contributed by atoms with Crippen LogP contribution < -0.4 is 11.2 Å². The van der Waals surface area contributed by atoms with Crippen LogP contribution in [0.1, 0.15) is 0 Å². The van der Waals surface area contributed by atoms with Gasteiger partial charge in [-0.2, -0.15) is 10.4 Å². The molecule has 1 aromatic carbocycles. The summed E-state index contributed by atoms with van der Waals surface area (Å²) in [7, 11) is 0. The maximum absolute atomic E-state index is 8.61. The summed E-state index contributed by atoms with van der Waals surface area (Å²) < 4.78 is 0. The van der Waals surface area contributed by atoms with Crippen LogP contribution in [-0.2, 0) is 0 Å². The Hall–Kier alpha value is -1.64. The van der Waals surface area contributed by atoms with Crippen LogP contribution in [0.5, 0.6) is 0 Å². The first-order valence-electron chi connectivity index (χ1n) is 3.92. The molecule has 1 rings (SSSR count). The number of benzene rings is 1. The topological polar surface area (TPSA) is 74.2 Å². The predicted molar refractivity (Wildman–Crippen MR) is 64.9 cm³/mol. The van der Waals surface area contributed by atoms with Gasteiger partial charge in [-0.15, -0.1) is 0 Å². The number of nitrogens with two attached hydrogens (primary N) is 1. The number of nitrogens with zero attached hydrogens (tertiary/aromatic N) is 2. The molecule has 6 heteroatoms. The molecule has 4 nitrogen and oxygen atoms in total. The molecule has 0 aliphatic rings. The Labute approximate surface area is 97.3 Å². The van der Waals surface area contributed by atoms with E-state index < -0.39 is 0 Å². The SMILES string of the molecule is N#C/C(=N\Nc1cccc(Cl)c1)C(N)=S. The average Bonchev–Trinajstić information content (AvgIpc) is 2.18. The Morgan fingerprint density at radius 1 is 1.60 bits per heavy atom. The van der Waals surface area contributed by atoms with Gasteiger partial charge in [0, 0.05) is 5.02 Å². The van der Waals surface area contributed by atoms with Crippen LogP contribution in [0.15, 0.2) is 29.4 Å². The molecule has 0 heterocycles. The smallest absolute Gasteiger partial charge is 0.194 e. The number of hydrogen-bond donors (Lipinski definition) is 2. The highest BCUT2D eigenvalue weighted by Crippen LogP contribution is 2.14. The van der Waals surface area contributed by atoms with Crippen molar-refractivity contribution in [3.05, 3.63) is 29.3 Å². The van der Waals surface area contributed by atoms with Gasteiger partial charge >= 0.3 is 0 Å². The third-order valence-corrected chi connectivity index (χ3v) is 1.89. The minimum Gasteiger partial charge on any atom is -0.387 e. The Morgan fingerprint density at radius 3 is 2.87 bits per heavy atom. The van der Waals surface area contributed by atoms with Gasteiger partial charge in [-0.25, -0.2) is 0 Å². The van der Waals surface area contributed by atoms with Gasteiger partial charge in [0.1, 0.15) is 11.1 Å². The fourth-order valence-electron chi connectivity index (χ4n) is 0.814. The zero-order valence-corrected chi connectivity index (χ0v) is 9.14. The molecule has 0 saturated carbocycles. The minimum atomic E-state index is -0.0490. The number of anilines is 1. The number of nitriles is 1. The molecule has 0 bridgehead atoms. The lowest BCUT2D eigenvalue weighted by atomic mass is 10.3. The van der Waals surface area contributed by atoms with E-state index in [0.717, 1.165) is 0 Å². The summed E-state index contributed by atoms with van der Waals surface area (Å²) in [6, 6.07) is 8.68. The number of rotatable bonds is 3. The third kappa shape index (κ3) is 3.54. The molecule has 3 N–H and O–H groups in total. The summed E-state index contributed by atoms with van der Waals surface area (Å²) >= 11 is 10.4. The van der Waals surface area contributed by atoms with Crippen LogP contribution in [-0.4, -0.2) is 10.7 Å². The lowest BCUT2D eigenvalue weighted by Crippen LogP contribution is -2.20. The summed E-state index contributed by atoms with van der Waals surface area (Å²) in [5.74, 6) is 0. The predicted octanol–water partition coefficient (Wildman–Crippen LogP) is 1.92. The second-order valence-electron chi connectivity index (χ2n) is 2.56. The Morgan fingerprint density at radius 2 is 2.33 bits per heavy atom. The fraction of sp³-hybridized carbons (Fsp3) is 0. The molecule has 0 aliphatic heterocycles. The number of nitrogens with one attached hydrogen (secondary N) is 1. The summed E-state index contributed by atoms with van der Waals surface area (Å²) in [5.41, 5.74) is 8.52. The van der Waals surface area contributed by atoms with Gasteiger partial charge in [0.15, 0.2) is 5.71 Å². The number of thiocarbonyl (C=S) groups is 1. The molecule has 76 valence electrons. The zero-order valence-electron chi connectivity index (χ0n) is 7.57. The second-order valence-corrected chi connectivity index (χ2v) is 3.43. The maximum atomic E-state index is 8.61. The van der Waals surface area contributed by atoms with E-state index >= 15 is 0 Å². The van der Waals surface area contributed by atoms with Crippen molar-refractivity contribution in [2.45, 2.75) is 0 Å². The molecule has 0 aromatic heterocycles. The number of halogens is 1. The van der Waals surface area contributed by atoms with Gasteiger partial charge in [-0.3, -0.25) is 5.43 Å². The summed E-state index contributed by atoms with van der Waals surface area (Å²) in [4.78, 5) is -0.0490. The normalized spacial score (nSPS) is 10.5. The lowest BCUT2D eigenvalue weighted by Gasteiger charge is -2.00. The molecule has 0 fully saturated rings. The van der Waals surface area contributed by atoms with Gasteiger partial charge < -0.3 is 5.73 Å². The largest absolute Gasteiger partial charge is 0.387 e. The minimum absolute atomic E-state index is 0.0232. The van der Waals surface area contributed by atoms with Crippen molar-refractivity contribution >= 4 is 40.2 Å². The summed E-state index contributed by atoms with van der Waals surface area (Å²) in [6.07, 6.45) is 0. The lowest BCUT2D eigenvalue weighted by molar-refractivity contribution is 1.34. The molecule has 0 saturated heterocycles. The van der Waals surface area contributed by atoms with Crippen molar-refractivity contribution in [1.82, 2.24) is 0 Å². The monoisotopic (exact) mass is 238 g/mol. The van der Waals surface area contributed by atoms with Crippen molar-refractivity contribution in [3.8, 4) is 6.07 Å². The maximum Gasteiger partial charge on any atom is 0.194 e. The molecule has 0 atom stereocenters. The van der Waals surface area contributed by atoms with Crippen molar-refractivity contribution in [3.63, 3.8) is 0 Å². The quantitative estimate of drug-likeness (QED) is 0.479. The zero-order chi connectivity index (χ0) is 11.3. The van der Waals surface area contributed by atoms with Gasteiger partial charge in [0.25, 0.3) is 0 Å². The fourth-order valence-corrected chi connectivity index (χ4v) is 1.10. The van der Waals surface area contributed by atoms with E-state index in [0.29, 0.717) is 10.7 Å². The first kappa shape index (κ1) is 11.4. The molecule has 0 radical (unpaired) electrons. The summed E-state index contributed by atoms with van der Waals surface area (Å²) in [5, 5.41) is 12.9. The average molecular weight is 239 g/mol. The van der Waals surface area contributed by atoms with E-state index in [2.05, 4.69) is 22.7 Å². The summed E-state index contributed by atoms with van der Waals surface area (Å²) in [6.45, 7) is 0. The molecule has 0 aliphatic carbocycles. The van der Waals surface area contributed by atoms with Crippen molar-refractivity contribution in [2.75, 3.05) is 5.43 Å². The standard InChI is InChI=1S/C9H7ClN4S/c10-6-2-1-3-7(4-6)13-14-8(5-11)9(12)15/h1-4,13H,(H2,12,15)/b14-8+. The Balaban J connectivity index is 2.80. The van der Waals surface area contributed by atoms with Crippen molar-refractivity contribution in [1.29, 1.82) is 5.26 Å². The van der Waals surface area contributed by atoms with Gasteiger partial charge in [-0.1, -0.05) is 29.9 Å². The van der Waals surface area contributed by atoms with E-state index in [4.69, 9.17) is 22.6 Å². The molecule has 15 heavy (non-hydrogen) atoms.